The zero-order valence-corrected chi connectivity index (χ0v) is 28.3. The standard InChI is InChI=1S/C34H33Cl2FN6O5/c1-18(44)42-12-14-43(15-13-42)26-11-8-19-16-25(39-32(48-4)27(19)26)20-6-5-7-21(29(20)35)28-23(37)9-10-24(30(28)36)38-31(45)22-17-40(2)34(47)41(3)33(22)46/h5-7,9-10,16-17,26H,8,11-15H2,1-4H3,(H,38,45). The molecule has 1 unspecified atom stereocenters. The number of amides is 2. The van der Waals surface area contributed by atoms with Crippen LogP contribution in [-0.2, 0) is 25.3 Å². The molecule has 0 bridgehead atoms. The summed E-state index contributed by atoms with van der Waals surface area (Å²) in [5, 5.41) is 2.63. The Kier molecular flexibility index (Phi) is 9.16. The van der Waals surface area contributed by atoms with Gasteiger partial charge in [0.25, 0.3) is 11.5 Å². The van der Waals surface area contributed by atoms with Crippen molar-refractivity contribution in [2.24, 2.45) is 14.1 Å². The van der Waals surface area contributed by atoms with Crippen molar-refractivity contribution in [1.29, 1.82) is 0 Å². The first-order chi connectivity index (χ1) is 22.9. The third-order valence-corrected chi connectivity index (χ3v) is 9.90. The SMILES string of the molecule is COc1nc(-c2cccc(-c3c(F)ccc(NC(=O)c4cn(C)c(=O)n(C)c4=O)c3Cl)c2Cl)cc2c1C(N1CCN(C(C)=O)CC1)CC2. The summed E-state index contributed by atoms with van der Waals surface area (Å²) < 4.78 is 23.2. The molecule has 48 heavy (non-hydrogen) atoms. The van der Waals surface area contributed by atoms with E-state index in [0.29, 0.717) is 30.2 Å². The number of nitrogens with one attached hydrogen (secondary N) is 1. The Labute approximate surface area is 285 Å². The summed E-state index contributed by atoms with van der Waals surface area (Å²) in [6.45, 7) is 4.46. The number of aryl methyl sites for hydroxylation is 2. The van der Waals surface area contributed by atoms with Gasteiger partial charge in [-0.1, -0.05) is 41.4 Å². The molecular weight excluding hydrogens is 662 g/mol. The van der Waals surface area contributed by atoms with Gasteiger partial charge >= 0.3 is 5.69 Å². The first kappa shape index (κ1) is 33.4. The molecule has 1 aliphatic carbocycles. The van der Waals surface area contributed by atoms with Crippen molar-refractivity contribution in [3.8, 4) is 28.3 Å². The fraction of sp³-hybridized carbons (Fsp3) is 0.324. The lowest BCUT2D eigenvalue weighted by Crippen LogP contribution is -2.48. The highest BCUT2D eigenvalue weighted by molar-refractivity contribution is 6.39. The first-order valence-electron chi connectivity index (χ1n) is 15.3. The topological polar surface area (TPSA) is 119 Å². The number of anilines is 1. The average Bonchev–Trinajstić information content (AvgIpc) is 3.51. The van der Waals surface area contributed by atoms with E-state index in [9.17, 15) is 19.2 Å². The molecule has 6 rings (SSSR count). The van der Waals surface area contributed by atoms with E-state index in [0.717, 1.165) is 58.5 Å². The second-order valence-electron chi connectivity index (χ2n) is 11.9. The van der Waals surface area contributed by atoms with Crippen molar-refractivity contribution in [3.05, 3.63) is 96.0 Å². The van der Waals surface area contributed by atoms with Gasteiger partial charge in [0, 0.05) is 81.7 Å². The van der Waals surface area contributed by atoms with Crippen molar-refractivity contribution >= 4 is 40.7 Å². The van der Waals surface area contributed by atoms with Crippen LogP contribution in [0.2, 0.25) is 10.0 Å². The van der Waals surface area contributed by atoms with E-state index in [-0.39, 0.29) is 44.4 Å². The molecule has 4 aromatic rings. The van der Waals surface area contributed by atoms with E-state index in [2.05, 4.69) is 10.2 Å². The van der Waals surface area contributed by atoms with Crippen LogP contribution in [0.25, 0.3) is 22.4 Å². The Morgan fingerprint density at radius 3 is 2.42 bits per heavy atom. The number of rotatable bonds is 6. The Hall–Kier alpha value is -4.52. The molecule has 1 fully saturated rings. The number of benzene rings is 2. The fourth-order valence-electron chi connectivity index (χ4n) is 6.56. The third kappa shape index (κ3) is 5.88. The van der Waals surface area contributed by atoms with Gasteiger partial charge in [0.05, 0.1) is 28.5 Å². The third-order valence-electron chi connectivity index (χ3n) is 9.10. The predicted molar refractivity (Wildman–Crippen MR) is 181 cm³/mol. The summed E-state index contributed by atoms with van der Waals surface area (Å²) in [7, 11) is 4.26. The molecule has 2 aromatic carbocycles. The van der Waals surface area contributed by atoms with Gasteiger partial charge in [-0.05, 0) is 36.6 Å². The number of halogens is 3. The molecule has 250 valence electrons. The van der Waals surface area contributed by atoms with Gasteiger partial charge in [-0.15, -0.1) is 0 Å². The van der Waals surface area contributed by atoms with Crippen molar-refractivity contribution < 1.29 is 18.7 Å². The summed E-state index contributed by atoms with van der Waals surface area (Å²) in [6, 6.07) is 9.63. The smallest absolute Gasteiger partial charge is 0.330 e. The molecule has 0 saturated carbocycles. The lowest BCUT2D eigenvalue weighted by molar-refractivity contribution is -0.130. The summed E-state index contributed by atoms with van der Waals surface area (Å²) in [6.07, 6.45) is 2.82. The van der Waals surface area contributed by atoms with Crippen LogP contribution in [0.1, 0.15) is 40.9 Å². The molecule has 1 aliphatic heterocycles. The highest BCUT2D eigenvalue weighted by Gasteiger charge is 2.35. The van der Waals surface area contributed by atoms with Crippen LogP contribution in [-0.4, -0.2) is 69.0 Å². The van der Waals surface area contributed by atoms with Crippen LogP contribution in [0, 0.1) is 5.82 Å². The normalized spacial score (nSPS) is 16.1. The maximum absolute atomic E-state index is 15.5. The Morgan fingerprint density at radius 2 is 1.73 bits per heavy atom. The number of carbonyl (C=O) groups is 2. The average molecular weight is 696 g/mol. The number of ether oxygens (including phenoxy) is 1. The van der Waals surface area contributed by atoms with Crippen LogP contribution in [0.3, 0.4) is 0 Å². The Balaban J connectivity index is 1.33. The van der Waals surface area contributed by atoms with E-state index in [1.165, 1.54) is 20.2 Å². The van der Waals surface area contributed by atoms with Crippen LogP contribution in [0.15, 0.2) is 52.2 Å². The minimum Gasteiger partial charge on any atom is -0.481 e. The second kappa shape index (κ2) is 13.2. The number of fused-ring (bicyclic) bond motifs is 1. The van der Waals surface area contributed by atoms with Crippen molar-refractivity contribution in [3.63, 3.8) is 0 Å². The molecule has 3 heterocycles. The largest absolute Gasteiger partial charge is 0.481 e. The molecule has 14 heteroatoms. The van der Waals surface area contributed by atoms with E-state index in [1.807, 2.05) is 11.0 Å². The Morgan fingerprint density at radius 1 is 1.02 bits per heavy atom. The second-order valence-corrected chi connectivity index (χ2v) is 12.6. The Bertz CT molecular complexity index is 2090. The van der Waals surface area contributed by atoms with E-state index < -0.39 is 23.0 Å². The minimum absolute atomic E-state index is 0.0444. The highest BCUT2D eigenvalue weighted by atomic mass is 35.5. The molecule has 0 spiro atoms. The zero-order chi connectivity index (χ0) is 34.4. The van der Waals surface area contributed by atoms with Crippen LogP contribution in [0.4, 0.5) is 10.1 Å². The summed E-state index contributed by atoms with van der Waals surface area (Å²) in [4.78, 5) is 58.7. The van der Waals surface area contributed by atoms with Gasteiger partial charge in [0.15, 0.2) is 0 Å². The molecule has 2 aliphatic rings. The van der Waals surface area contributed by atoms with Crippen molar-refractivity contribution in [1.82, 2.24) is 23.9 Å². The molecule has 2 amide bonds. The molecule has 1 saturated heterocycles. The number of carbonyl (C=O) groups excluding carboxylic acids is 2. The highest BCUT2D eigenvalue weighted by Crippen LogP contribution is 2.46. The number of methoxy groups -OCH3 is 1. The van der Waals surface area contributed by atoms with Crippen LogP contribution >= 0.6 is 23.2 Å². The van der Waals surface area contributed by atoms with Crippen molar-refractivity contribution in [2.45, 2.75) is 25.8 Å². The molecule has 2 aromatic heterocycles. The lowest BCUT2D eigenvalue weighted by Gasteiger charge is -2.38. The summed E-state index contributed by atoms with van der Waals surface area (Å²) in [5.74, 6) is -0.935. The molecular formula is C34H33Cl2FN6O5. The predicted octanol–water partition coefficient (Wildman–Crippen LogP) is 4.67. The van der Waals surface area contributed by atoms with Gasteiger partial charge in [-0.3, -0.25) is 23.9 Å². The number of nitrogens with zero attached hydrogens (tertiary/aromatic N) is 5. The van der Waals surface area contributed by atoms with E-state index in [1.54, 1.807) is 32.2 Å². The molecule has 1 atom stereocenters. The number of hydrogen-bond donors (Lipinski definition) is 1. The molecule has 0 radical (unpaired) electrons. The van der Waals surface area contributed by atoms with Gasteiger partial charge in [-0.25, -0.2) is 14.2 Å². The quantitative estimate of drug-likeness (QED) is 0.312. The van der Waals surface area contributed by atoms with E-state index >= 15 is 4.39 Å². The van der Waals surface area contributed by atoms with Gasteiger partial charge in [0.2, 0.25) is 11.8 Å². The molecule has 1 N–H and O–H groups in total. The number of pyridine rings is 1. The van der Waals surface area contributed by atoms with Crippen LogP contribution in [0.5, 0.6) is 5.88 Å². The number of hydrogen-bond acceptors (Lipinski definition) is 7. The zero-order valence-electron chi connectivity index (χ0n) is 26.8. The first-order valence-corrected chi connectivity index (χ1v) is 16.1. The molecule has 11 nitrogen and oxygen atoms in total. The summed E-state index contributed by atoms with van der Waals surface area (Å²) >= 11 is 13.7. The van der Waals surface area contributed by atoms with Crippen LogP contribution < -0.4 is 21.3 Å². The van der Waals surface area contributed by atoms with Gasteiger partial charge in [0.1, 0.15) is 11.4 Å². The van der Waals surface area contributed by atoms with Gasteiger partial charge in [-0.2, -0.15) is 0 Å². The maximum atomic E-state index is 15.5. The van der Waals surface area contributed by atoms with Gasteiger partial charge < -0.3 is 19.5 Å². The fourth-order valence-corrected chi connectivity index (χ4v) is 7.18. The lowest BCUT2D eigenvalue weighted by atomic mass is 9.98. The number of aromatic nitrogens is 3. The number of piperazine rings is 1. The maximum Gasteiger partial charge on any atom is 0.330 e. The monoisotopic (exact) mass is 694 g/mol. The van der Waals surface area contributed by atoms with Crippen molar-refractivity contribution in [2.75, 3.05) is 38.6 Å². The van der Waals surface area contributed by atoms with E-state index in [4.69, 9.17) is 32.9 Å². The minimum atomic E-state index is -0.820. The summed E-state index contributed by atoms with van der Waals surface area (Å²) in [5.41, 5.74) is 1.78.